The average molecular weight is 631 g/mol. The highest BCUT2D eigenvalue weighted by molar-refractivity contribution is 8.01. The van der Waals surface area contributed by atoms with Gasteiger partial charge in [0, 0.05) is 40.3 Å². The highest BCUT2D eigenvalue weighted by Gasteiger charge is 2.54. The molecular weight excluding hydrogens is 607 g/mol. The van der Waals surface area contributed by atoms with E-state index in [1.54, 1.807) is 0 Å². The number of nitrogens with zero attached hydrogens (tertiary/aromatic N) is 5. The summed E-state index contributed by atoms with van der Waals surface area (Å²) in [6.07, 6.45) is 5.44. The van der Waals surface area contributed by atoms with Crippen LogP contribution in [0.5, 0.6) is 0 Å². The fraction of sp³-hybridized carbons (Fsp3) is 0.320. The molecule has 212 valence electrons. The molecule has 0 spiro atoms. The van der Waals surface area contributed by atoms with Crippen molar-refractivity contribution in [3.8, 4) is 0 Å². The van der Waals surface area contributed by atoms with E-state index in [1.807, 2.05) is 5.38 Å². The minimum absolute atomic E-state index is 0.0627. The van der Waals surface area contributed by atoms with Gasteiger partial charge in [-0.2, -0.15) is 4.57 Å². The number of carbonyl (C=O) groups excluding carboxylic acids is 2. The Morgan fingerprint density at radius 3 is 2.88 bits per heavy atom. The molecule has 0 radical (unpaired) electrons. The van der Waals surface area contributed by atoms with E-state index >= 15 is 0 Å². The molecule has 16 heteroatoms. The number of amides is 2. The summed E-state index contributed by atoms with van der Waals surface area (Å²) in [6.45, 7) is 0.689. The van der Waals surface area contributed by atoms with Gasteiger partial charge in [-0.05, 0) is 24.5 Å². The van der Waals surface area contributed by atoms with Crippen molar-refractivity contribution in [2.24, 2.45) is 5.16 Å². The van der Waals surface area contributed by atoms with Crippen LogP contribution in [0, 0.1) is 0 Å². The zero-order chi connectivity index (χ0) is 28.7. The summed E-state index contributed by atoms with van der Waals surface area (Å²) in [5.74, 6) is -1.81. The molecule has 2 amide bonds. The lowest BCUT2D eigenvalue weighted by atomic mass is 10.0. The molecule has 3 aromatic rings. The minimum atomic E-state index is -1.20. The van der Waals surface area contributed by atoms with Crippen LogP contribution < -0.4 is 15.6 Å². The Bertz CT molecular complexity index is 1620. The maximum Gasteiger partial charge on any atom is 0.352 e. The molecule has 2 aliphatic heterocycles. The lowest BCUT2D eigenvalue weighted by molar-refractivity contribution is -0.695. The van der Waals surface area contributed by atoms with Gasteiger partial charge in [0.15, 0.2) is 33.6 Å². The number of pyridine rings is 1. The molecule has 0 saturated carbocycles. The van der Waals surface area contributed by atoms with Crippen LogP contribution in [0.4, 0.5) is 5.13 Å². The number of aryl methyl sites for hydroxylation is 1. The lowest BCUT2D eigenvalue weighted by Gasteiger charge is -2.49. The van der Waals surface area contributed by atoms with Crippen LogP contribution in [-0.4, -0.2) is 71.6 Å². The predicted molar refractivity (Wildman–Crippen MR) is 155 cm³/mol. The second-order valence-corrected chi connectivity index (χ2v) is 13.6. The Hall–Kier alpha value is -3.47. The molecule has 3 aromatic heterocycles. The molecule has 2 atom stereocenters. The second-order valence-electron chi connectivity index (χ2n) is 9.49. The van der Waals surface area contributed by atoms with Crippen LogP contribution in [0.15, 0.2) is 49.9 Å². The first-order chi connectivity index (χ1) is 19.8. The summed E-state index contributed by atoms with van der Waals surface area (Å²) >= 11 is 5.41. The largest absolute Gasteiger partial charge is 0.477 e. The van der Waals surface area contributed by atoms with E-state index in [9.17, 15) is 24.7 Å². The number of nitrogens with one attached hydrogen (secondary N) is 1. The van der Waals surface area contributed by atoms with Gasteiger partial charge in [-0.1, -0.05) is 16.9 Å². The van der Waals surface area contributed by atoms with Crippen molar-refractivity contribution in [3.63, 3.8) is 0 Å². The molecular formula is C25H24N7O5S4+. The number of nitrogens with two attached hydrogens (primary N) is 1. The standard InChI is InChI=1S/C25H23N7O5S4/c26-24-28-15(11-39-24)17(30-37)20(33)29-18-21(34)32-19(23(35)36)13(8-38-22(18)32)9-40-25-27-14(10-41-25)7-31-6-2-4-12-3-1-5-16(12)31/h2,4,6,10-11,18,22H,1,3,5,7-9H2,(H4-,26,28,29,33,35,36,37)/p+1/t18-,22?/m1/s1. The molecule has 1 fully saturated rings. The number of β-lactam (4-membered cyclic amide) rings is 1. The molecule has 3 aliphatic rings. The van der Waals surface area contributed by atoms with Crippen molar-refractivity contribution in [3.05, 3.63) is 63.0 Å². The molecule has 1 saturated heterocycles. The van der Waals surface area contributed by atoms with E-state index in [0.717, 1.165) is 34.2 Å². The molecule has 0 aromatic carbocycles. The number of carboxylic acids is 1. The molecule has 41 heavy (non-hydrogen) atoms. The second kappa shape index (κ2) is 11.4. The molecule has 1 unspecified atom stereocenters. The van der Waals surface area contributed by atoms with Crippen molar-refractivity contribution in [2.45, 2.75) is 41.6 Å². The summed E-state index contributed by atoms with van der Waals surface area (Å²) in [4.78, 5) is 47.9. The normalized spacial score (nSPS) is 20.0. The van der Waals surface area contributed by atoms with E-state index in [4.69, 9.17) is 10.7 Å². The minimum Gasteiger partial charge on any atom is -0.477 e. The van der Waals surface area contributed by atoms with Gasteiger partial charge in [0.2, 0.25) is 0 Å². The van der Waals surface area contributed by atoms with Crippen molar-refractivity contribution in [2.75, 3.05) is 17.2 Å². The number of aliphatic carboxylic acids is 1. The van der Waals surface area contributed by atoms with Gasteiger partial charge >= 0.3 is 5.97 Å². The number of hydrogen-bond acceptors (Lipinski definition) is 12. The topological polar surface area (TPSA) is 175 Å². The Morgan fingerprint density at radius 1 is 1.27 bits per heavy atom. The van der Waals surface area contributed by atoms with Crippen LogP contribution in [0.2, 0.25) is 0 Å². The summed E-state index contributed by atoms with van der Waals surface area (Å²) in [5, 5.41) is 28.0. The zero-order valence-electron chi connectivity index (χ0n) is 21.3. The number of nitrogen functional groups attached to an aromatic ring is 1. The maximum absolute atomic E-state index is 13.0. The number of anilines is 1. The third-order valence-electron chi connectivity index (χ3n) is 6.99. The third kappa shape index (κ3) is 5.31. The summed E-state index contributed by atoms with van der Waals surface area (Å²) in [7, 11) is 0. The highest BCUT2D eigenvalue weighted by atomic mass is 32.2. The molecule has 12 nitrogen and oxygen atoms in total. The van der Waals surface area contributed by atoms with Gasteiger partial charge in [0.25, 0.3) is 11.8 Å². The highest BCUT2D eigenvalue weighted by Crippen LogP contribution is 2.42. The van der Waals surface area contributed by atoms with Crippen molar-refractivity contribution < 1.29 is 29.3 Å². The number of thiazole rings is 2. The van der Waals surface area contributed by atoms with E-state index in [0.29, 0.717) is 23.6 Å². The number of hydrogen-bond donors (Lipinski definition) is 4. The molecule has 6 rings (SSSR count). The Labute approximate surface area is 250 Å². The van der Waals surface area contributed by atoms with Gasteiger partial charge < -0.3 is 21.4 Å². The van der Waals surface area contributed by atoms with E-state index in [2.05, 4.69) is 38.4 Å². The first kappa shape index (κ1) is 27.7. The van der Waals surface area contributed by atoms with E-state index in [1.165, 1.54) is 62.8 Å². The fourth-order valence-corrected chi connectivity index (χ4v) is 8.99. The van der Waals surface area contributed by atoms with Gasteiger partial charge in [0.05, 0.1) is 0 Å². The number of thioether (sulfide) groups is 2. The number of rotatable bonds is 9. The van der Waals surface area contributed by atoms with Crippen molar-refractivity contribution in [1.82, 2.24) is 20.2 Å². The maximum atomic E-state index is 13.0. The van der Waals surface area contributed by atoms with Crippen molar-refractivity contribution in [1.29, 1.82) is 0 Å². The smallest absolute Gasteiger partial charge is 0.352 e. The SMILES string of the molecule is Nc1nc(/C(=N/O)C(=O)N[C@@H]2C(=O)N3C(C(=O)O)=C(CSc4nc(C[n+]5cccc6c5CCC6)cs4)CSC23)cs1. The van der Waals surface area contributed by atoms with Crippen LogP contribution in [0.25, 0.3) is 0 Å². The number of fused-ring (bicyclic) bond motifs is 2. The van der Waals surface area contributed by atoms with Crippen LogP contribution in [0.1, 0.15) is 29.1 Å². The van der Waals surface area contributed by atoms with Crippen LogP contribution in [0.3, 0.4) is 0 Å². The van der Waals surface area contributed by atoms with Crippen molar-refractivity contribution >= 4 is 74.8 Å². The quantitative estimate of drug-likeness (QED) is 0.0680. The van der Waals surface area contributed by atoms with Crippen LogP contribution in [-0.2, 0) is 33.8 Å². The number of carbonyl (C=O) groups is 3. The molecule has 5 heterocycles. The van der Waals surface area contributed by atoms with Gasteiger partial charge in [-0.25, -0.2) is 14.8 Å². The van der Waals surface area contributed by atoms with Gasteiger partial charge in [-0.15, -0.1) is 34.4 Å². The van der Waals surface area contributed by atoms with Gasteiger partial charge in [0.1, 0.15) is 28.5 Å². The first-order valence-electron chi connectivity index (χ1n) is 12.6. The molecule has 0 bridgehead atoms. The Kier molecular flexibility index (Phi) is 7.72. The molecule has 1 aliphatic carbocycles. The Morgan fingerprint density at radius 2 is 2.12 bits per heavy atom. The summed E-state index contributed by atoms with van der Waals surface area (Å²) < 4.78 is 3.08. The van der Waals surface area contributed by atoms with Crippen LogP contribution >= 0.6 is 46.2 Å². The monoisotopic (exact) mass is 630 g/mol. The molecule has 5 N–H and O–H groups in total. The fourth-order valence-electron chi connectivity index (χ4n) is 5.12. The number of oxime groups is 1. The lowest BCUT2D eigenvalue weighted by Crippen LogP contribution is -2.71. The summed E-state index contributed by atoms with van der Waals surface area (Å²) in [6, 6.07) is 3.28. The summed E-state index contributed by atoms with van der Waals surface area (Å²) in [5.41, 5.74) is 9.56. The predicted octanol–water partition coefficient (Wildman–Crippen LogP) is 1.72. The third-order valence-corrected chi connectivity index (χ3v) is 11.2. The number of carboxylic acid groups (broad SMARTS) is 1. The number of aromatic nitrogens is 3. The first-order valence-corrected chi connectivity index (χ1v) is 16.3. The zero-order valence-corrected chi connectivity index (χ0v) is 24.6. The van der Waals surface area contributed by atoms with E-state index in [-0.39, 0.29) is 22.2 Å². The van der Waals surface area contributed by atoms with Gasteiger partial charge in [-0.3, -0.25) is 14.5 Å². The van der Waals surface area contributed by atoms with E-state index < -0.39 is 29.2 Å². The average Bonchev–Trinajstić information content (AvgIpc) is 3.72. The Balaban J connectivity index is 1.11.